The number of benzene rings is 2. The Kier molecular flexibility index (Phi) is 4.69. The number of nitrogens with two attached hydrogens (primary N) is 1. The van der Waals surface area contributed by atoms with Crippen LogP contribution in [-0.4, -0.2) is 0 Å². The van der Waals surface area contributed by atoms with E-state index in [-0.39, 0.29) is 6.04 Å². The van der Waals surface area contributed by atoms with E-state index in [0.717, 1.165) is 11.3 Å². The molecule has 2 aromatic carbocycles. The fourth-order valence-corrected chi connectivity index (χ4v) is 2.30. The number of ether oxygens (including phenoxy) is 1. The van der Waals surface area contributed by atoms with Gasteiger partial charge in [-0.3, -0.25) is 0 Å². The van der Waals surface area contributed by atoms with Gasteiger partial charge in [-0.15, -0.1) is 0 Å². The minimum atomic E-state index is -0.109. The van der Waals surface area contributed by atoms with Crippen molar-refractivity contribution in [3.63, 3.8) is 0 Å². The lowest BCUT2D eigenvalue weighted by molar-refractivity contribution is 0.300. The van der Waals surface area contributed by atoms with Gasteiger partial charge >= 0.3 is 0 Å². The fourth-order valence-electron chi connectivity index (χ4n) is 2.12. The number of halogens is 1. The quantitative estimate of drug-likeness (QED) is 0.896. The average molecular weight is 290 g/mol. The average Bonchev–Trinajstić information content (AvgIpc) is 2.40. The van der Waals surface area contributed by atoms with Crippen LogP contribution in [0.5, 0.6) is 5.75 Å². The lowest BCUT2D eigenvalue weighted by Gasteiger charge is -2.15. The number of rotatable bonds is 4. The van der Waals surface area contributed by atoms with Crippen molar-refractivity contribution in [1.29, 1.82) is 0 Å². The lowest BCUT2D eigenvalue weighted by atomic mass is 10.1. The van der Waals surface area contributed by atoms with Gasteiger partial charge in [-0.2, -0.15) is 0 Å². The monoisotopic (exact) mass is 289 g/mol. The smallest absolute Gasteiger partial charge is 0.124 e. The van der Waals surface area contributed by atoms with Crippen LogP contribution in [0.1, 0.15) is 35.2 Å². The molecule has 2 nitrogen and oxygen atoms in total. The van der Waals surface area contributed by atoms with E-state index in [9.17, 15) is 0 Å². The SMILES string of the molecule is Cc1ccc(C)c(COc2ccc(Cl)cc2[C@H](C)N)c1. The van der Waals surface area contributed by atoms with Crippen LogP contribution < -0.4 is 10.5 Å². The van der Waals surface area contributed by atoms with Crippen molar-refractivity contribution in [2.75, 3.05) is 0 Å². The molecule has 2 aromatic rings. The third-order valence-corrected chi connectivity index (χ3v) is 3.59. The van der Waals surface area contributed by atoms with E-state index < -0.39 is 0 Å². The van der Waals surface area contributed by atoms with E-state index in [4.69, 9.17) is 22.1 Å². The molecule has 0 amide bonds. The summed E-state index contributed by atoms with van der Waals surface area (Å²) in [7, 11) is 0. The van der Waals surface area contributed by atoms with Crippen molar-refractivity contribution in [3.05, 3.63) is 63.7 Å². The van der Waals surface area contributed by atoms with Gasteiger partial charge in [0.15, 0.2) is 0 Å². The van der Waals surface area contributed by atoms with Gasteiger partial charge in [0.25, 0.3) is 0 Å². The molecular weight excluding hydrogens is 270 g/mol. The Bertz CT molecular complexity index is 608. The summed E-state index contributed by atoms with van der Waals surface area (Å²) in [5.41, 5.74) is 10.6. The van der Waals surface area contributed by atoms with Crippen LogP contribution >= 0.6 is 11.6 Å². The van der Waals surface area contributed by atoms with Crippen molar-refractivity contribution in [1.82, 2.24) is 0 Å². The molecule has 0 aromatic heterocycles. The zero-order chi connectivity index (χ0) is 14.7. The zero-order valence-electron chi connectivity index (χ0n) is 12.1. The van der Waals surface area contributed by atoms with Gasteiger partial charge in [0.1, 0.15) is 12.4 Å². The van der Waals surface area contributed by atoms with Crippen LogP contribution in [0.2, 0.25) is 5.02 Å². The second kappa shape index (κ2) is 6.29. The molecule has 0 fully saturated rings. The first-order valence-corrected chi connectivity index (χ1v) is 7.09. The molecule has 0 heterocycles. The highest BCUT2D eigenvalue weighted by Crippen LogP contribution is 2.28. The van der Waals surface area contributed by atoms with Crippen LogP contribution in [-0.2, 0) is 6.61 Å². The third-order valence-electron chi connectivity index (χ3n) is 3.35. The summed E-state index contributed by atoms with van der Waals surface area (Å²) in [5.74, 6) is 0.797. The van der Waals surface area contributed by atoms with E-state index in [1.54, 1.807) is 0 Å². The summed E-state index contributed by atoms with van der Waals surface area (Å²) in [5, 5.41) is 0.677. The summed E-state index contributed by atoms with van der Waals surface area (Å²) in [6, 6.07) is 11.8. The highest BCUT2D eigenvalue weighted by Gasteiger charge is 2.10. The van der Waals surface area contributed by atoms with Crippen LogP contribution in [0.4, 0.5) is 0 Å². The molecule has 2 N–H and O–H groups in total. The summed E-state index contributed by atoms with van der Waals surface area (Å²) in [6.45, 7) is 6.64. The maximum absolute atomic E-state index is 6.01. The molecule has 0 aliphatic heterocycles. The Morgan fingerprint density at radius 2 is 1.90 bits per heavy atom. The fraction of sp³-hybridized carbons (Fsp3) is 0.294. The highest BCUT2D eigenvalue weighted by molar-refractivity contribution is 6.30. The largest absolute Gasteiger partial charge is 0.489 e. The summed E-state index contributed by atoms with van der Waals surface area (Å²) < 4.78 is 5.94. The predicted octanol–water partition coefficient (Wildman–Crippen LogP) is 4.56. The first kappa shape index (κ1) is 14.9. The zero-order valence-corrected chi connectivity index (χ0v) is 12.9. The third kappa shape index (κ3) is 3.53. The van der Waals surface area contributed by atoms with Crippen LogP contribution in [0.15, 0.2) is 36.4 Å². The predicted molar refractivity (Wildman–Crippen MR) is 84.3 cm³/mol. The molecule has 2 rings (SSSR count). The Morgan fingerprint density at radius 3 is 2.60 bits per heavy atom. The summed E-state index contributed by atoms with van der Waals surface area (Å²) >= 11 is 6.01. The first-order chi connectivity index (χ1) is 9.47. The van der Waals surface area contributed by atoms with Gasteiger partial charge in [-0.25, -0.2) is 0 Å². The van der Waals surface area contributed by atoms with E-state index in [1.165, 1.54) is 16.7 Å². The molecule has 106 valence electrons. The standard InChI is InChI=1S/C17H20ClNO/c1-11-4-5-12(2)14(8-11)10-20-17-7-6-15(18)9-16(17)13(3)19/h4-9,13H,10,19H2,1-3H3/t13-/m0/s1. The Hall–Kier alpha value is -1.51. The molecule has 0 aliphatic carbocycles. The summed E-state index contributed by atoms with van der Waals surface area (Å²) in [6.07, 6.45) is 0. The number of aryl methyl sites for hydroxylation is 2. The molecule has 20 heavy (non-hydrogen) atoms. The van der Waals surface area contributed by atoms with Crippen LogP contribution in [0.25, 0.3) is 0 Å². The molecule has 1 atom stereocenters. The van der Waals surface area contributed by atoms with E-state index in [2.05, 4.69) is 32.0 Å². The highest BCUT2D eigenvalue weighted by atomic mass is 35.5. The normalized spacial score (nSPS) is 12.2. The van der Waals surface area contributed by atoms with E-state index in [1.807, 2.05) is 25.1 Å². The summed E-state index contributed by atoms with van der Waals surface area (Å²) in [4.78, 5) is 0. The van der Waals surface area contributed by atoms with Crippen LogP contribution in [0, 0.1) is 13.8 Å². The Balaban J connectivity index is 2.20. The van der Waals surface area contributed by atoms with Crippen LogP contribution in [0.3, 0.4) is 0 Å². The number of hydrogen-bond donors (Lipinski definition) is 1. The van der Waals surface area contributed by atoms with Crippen molar-refractivity contribution < 1.29 is 4.74 Å². The molecule has 0 bridgehead atoms. The van der Waals surface area contributed by atoms with Gasteiger partial charge in [-0.1, -0.05) is 35.4 Å². The molecule has 0 radical (unpaired) electrons. The molecular formula is C17H20ClNO. The van der Waals surface area contributed by atoms with Gasteiger partial charge in [-0.05, 0) is 50.1 Å². The Labute approximate surface area is 125 Å². The van der Waals surface area contributed by atoms with Gasteiger partial charge < -0.3 is 10.5 Å². The molecule has 0 saturated carbocycles. The molecule has 0 saturated heterocycles. The van der Waals surface area contributed by atoms with Crippen molar-refractivity contribution in [2.45, 2.75) is 33.4 Å². The number of hydrogen-bond acceptors (Lipinski definition) is 2. The topological polar surface area (TPSA) is 35.2 Å². The van der Waals surface area contributed by atoms with E-state index >= 15 is 0 Å². The molecule has 0 spiro atoms. The van der Waals surface area contributed by atoms with E-state index in [0.29, 0.717) is 11.6 Å². The van der Waals surface area contributed by atoms with Crippen molar-refractivity contribution in [2.24, 2.45) is 5.73 Å². The molecule has 0 unspecified atom stereocenters. The minimum absolute atomic E-state index is 0.109. The maximum atomic E-state index is 6.01. The van der Waals surface area contributed by atoms with Gasteiger partial charge in [0, 0.05) is 16.6 Å². The second-order valence-electron chi connectivity index (χ2n) is 5.19. The molecule has 0 aliphatic rings. The second-order valence-corrected chi connectivity index (χ2v) is 5.63. The van der Waals surface area contributed by atoms with Crippen molar-refractivity contribution >= 4 is 11.6 Å². The minimum Gasteiger partial charge on any atom is -0.489 e. The lowest BCUT2D eigenvalue weighted by Crippen LogP contribution is -2.08. The van der Waals surface area contributed by atoms with Gasteiger partial charge in [0.2, 0.25) is 0 Å². The van der Waals surface area contributed by atoms with Crippen molar-refractivity contribution in [3.8, 4) is 5.75 Å². The first-order valence-electron chi connectivity index (χ1n) is 6.71. The Morgan fingerprint density at radius 1 is 1.15 bits per heavy atom. The molecule has 3 heteroatoms. The maximum Gasteiger partial charge on any atom is 0.124 e. The van der Waals surface area contributed by atoms with Gasteiger partial charge in [0.05, 0.1) is 0 Å².